The lowest BCUT2D eigenvalue weighted by Gasteiger charge is -2.39. The predicted molar refractivity (Wildman–Crippen MR) is 73.8 cm³/mol. The van der Waals surface area contributed by atoms with Crippen molar-refractivity contribution in [3.63, 3.8) is 0 Å². The highest BCUT2D eigenvalue weighted by Crippen LogP contribution is 2.60. The minimum Gasteiger partial charge on any atom is -0.347 e. The van der Waals surface area contributed by atoms with Crippen molar-refractivity contribution in [1.29, 1.82) is 0 Å². The number of aryl methyl sites for hydroxylation is 1. The van der Waals surface area contributed by atoms with Crippen molar-refractivity contribution >= 4 is 5.91 Å². The van der Waals surface area contributed by atoms with Gasteiger partial charge in [0.2, 0.25) is 0 Å². The Kier molecular flexibility index (Phi) is 6.44. The number of halogens is 13. The standard InChI is InChI=1S/C15H10F13NO/c1-7-2-4-8(5-3-7)6-29-9(30)10(16,17)11(18,19)12(20,21)13(22,23)14(24,25)15(26,27)28/h2-5H,6H2,1H3,(H,29,30). The largest absolute Gasteiger partial charge is 0.460 e. The van der Waals surface area contributed by atoms with E-state index in [4.69, 9.17) is 0 Å². The van der Waals surface area contributed by atoms with E-state index >= 15 is 0 Å². The summed E-state index contributed by atoms with van der Waals surface area (Å²) in [5.41, 5.74) is 0.572. The van der Waals surface area contributed by atoms with Crippen LogP contribution < -0.4 is 5.32 Å². The predicted octanol–water partition coefficient (Wildman–Crippen LogP) is 5.35. The van der Waals surface area contributed by atoms with Crippen LogP contribution in [0, 0.1) is 6.92 Å². The maximum absolute atomic E-state index is 13.6. The molecule has 15 heteroatoms. The first-order valence-electron chi connectivity index (χ1n) is 7.44. The summed E-state index contributed by atoms with van der Waals surface area (Å²) >= 11 is 0. The number of hydrogen-bond acceptors (Lipinski definition) is 1. The van der Waals surface area contributed by atoms with Gasteiger partial charge in [0, 0.05) is 6.54 Å². The average Bonchev–Trinajstić information content (AvgIpc) is 2.59. The Bertz CT molecular complexity index is 768. The van der Waals surface area contributed by atoms with E-state index in [9.17, 15) is 61.9 Å². The van der Waals surface area contributed by atoms with Gasteiger partial charge in [-0.15, -0.1) is 0 Å². The van der Waals surface area contributed by atoms with E-state index in [1.165, 1.54) is 24.3 Å². The molecule has 1 N–H and O–H groups in total. The number of alkyl halides is 13. The average molecular weight is 467 g/mol. The fraction of sp³-hybridized carbons (Fsp3) is 0.533. The minimum absolute atomic E-state index is 0.0474. The van der Waals surface area contributed by atoms with Crippen molar-refractivity contribution < 1.29 is 61.9 Å². The van der Waals surface area contributed by atoms with E-state index in [1.54, 1.807) is 6.92 Å². The third kappa shape index (κ3) is 3.89. The minimum atomic E-state index is -8.04. The van der Waals surface area contributed by atoms with Gasteiger partial charge in [-0.2, -0.15) is 57.1 Å². The maximum Gasteiger partial charge on any atom is 0.460 e. The molecule has 172 valence electrons. The van der Waals surface area contributed by atoms with E-state index in [1.807, 2.05) is 0 Å². The van der Waals surface area contributed by atoms with Gasteiger partial charge in [0.15, 0.2) is 0 Å². The van der Waals surface area contributed by atoms with Crippen LogP contribution in [0.3, 0.4) is 0 Å². The summed E-state index contributed by atoms with van der Waals surface area (Å²) < 4.78 is 168. The second kappa shape index (κ2) is 7.48. The summed E-state index contributed by atoms with van der Waals surface area (Å²) in [4.78, 5) is 11.2. The third-order valence-corrected chi connectivity index (χ3v) is 3.79. The first kappa shape index (κ1) is 25.8. The van der Waals surface area contributed by atoms with Gasteiger partial charge in [0.1, 0.15) is 0 Å². The highest BCUT2D eigenvalue weighted by molar-refractivity contribution is 5.84. The molecule has 0 radical (unpaired) electrons. The fourth-order valence-corrected chi connectivity index (χ4v) is 1.91. The molecule has 0 unspecified atom stereocenters. The maximum atomic E-state index is 13.6. The van der Waals surface area contributed by atoms with Gasteiger partial charge in [0.05, 0.1) is 0 Å². The molecule has 30 heavy (non-hydrogen) atoms. The first-order chi connectivity index (χ1) is 13.1. The van der Waals surface area contributed by atoms with Crippen LogP contribution in [0.2, 0.25) is 0 Å². The van der Waals surface area contributed by atoms with Crippen LogP contribution in [-0.2, 0) is 11.3 Å². The fourth-order valence-electron chi connectivity index (χ4n) is 1.91. The number of hydrogen-bond donors (Lipinski definition) is 1. The molecular formula is C15H10F13NO. The van der Waals surface area contributed by atoms with E-state index < -0.39 is 48.2 Å². The zero-order valence-electron chi connectivity index (χ0n) is 14.3. The number of nitrogens with one attached hydrogen (secondary N) is 1. The SMILES string of the molecule is Cc1ccc(CNC(=O)C(F)(F)C(F)(F)C(F)(F)C(F)(F)C(F)(F)C(F)(F)F)cc1. The van der Waals surface area contributed by atoms with Gasteiger partial charge in [0.25, 0.3) is 5.91 Å². The van der Waals surface area contributed by atoms with Gasteiger partial charge in [-0.25, -0.2) is 0 Å². The topological polar surface area (TPSA) is 29.1 Å². The Morgan fingerprint density at radius 2 is 1.10 bits per heavy atom. The molecule has 0 aromatic heterocycles. The van der Waals surface area contributed by atoms with Crippen molar-refractivity contribution in [3.05, 3.63) is 35.4 Å². The number of amides is 1. The lowest BCUT2D eigenvalue weighted by Crippen LogP contribution is -2.71. The molecule has 0 saturated heterocycles. The van der Waals surface area contributed by atoms with Gasteiger partial charge in [-0.05, 0) is 12.5 Å². The Morgan fingerprint density at radius 3 is 1.50 bits per heavy atom. The molecule has 0 aliphatic carbocycles. The van der Waals surface area contributed by atoms with Gasteiger partial charge in [-0.3, -0.25) is 4.79 Å². The molecule has 1 amide bonds. The second-order valence-corrected chi connectivity index (χ2v) is 6.04. The first-order valence-corrected chi connectivity index (χ1v) is 7.44. The quantitative estimate of drug-likeness (QED) is 0.539. The van der Waals surface area contributed by atoms with Gasteiger partial charge < -0.3 is 5.32 Å². The molecule has 0 spiro atoms. The second-order valence-electron chi connectivity index (χ2n) is 6.04. The highest BCUT2D eigenvalue weighted by atomic mass is 19.4. The molecule has 1 aromatic carbocycles. The Hall–Kier alpha value is -2.22. The van der Waals surface area contributed by atoms with E-state index in [0.29, 0.717) is 5.56 Å². The zero-order chi connectivity index (χ0) is 24.0. The molecule has 0 saturated carbocycles. The lowest BCUT2D eigenvalue weighted by atomic mass is 9.93. The van der Waals surface area contributed by atoms with Crippen LogP contribution in [0.5, 0.6) is 0 Å². The summed E-state index contributed by atoms with van der Waals surface area (Å²) in [7, 11) is 0. The summed E-state index contributed by atoms with van der Waals surface area (Å²) in [6, 6.07) is 5.03. The van der Waals surface area contributed by atoms with Crippen molar-refractivity contribution in [2.45, 2.75) is 49.3 Å². The van der Waals surface area contributed by atoms with Crippen molar-refractivity contribution in [2.24, 2.45) is 0 Å². The third-order valence-electron chi connectivity index (χ3n) is 3.79. The Balaban J connectivity index is 3.24. The lowest BCUT2D eigenvalue weighted by molar-refractivity contribution is -0.436. The number of benzene rings is 1. The number of carbonyl (C=O) groups is 1. The summed E-state index contributed by atoms with van der Waals surface area (Å²) in [5.74, 6) is -41.6. The molecule has 0 aliphatic heterocycles. The van der Waals surface area contributed by atoms with Crippen LogP contribution >= 0.6 is 0 Å². The van der Waals surface area contributed by atoms with Crippen LogP contribution in [0.15, 0.2) is 24.3 Å². The van der Waals surface area contributed by atoms with E-state index in [0.717, 1.165) is 5.32 Å². The van der Waals surface area contributed by atoms with Crippen molar-refractivity contribution in [1.82, 2.24) is 5.32 Å². The Labute approximate surface area is 159 Å². The molecule has 0 fully saturated rings. The van der Waals surface area contributed by atoms with Crippen molar-refractivity contribution in [2.75, 3.05) is 0 Å². The summed E-state index contributed by atoms with van der Waals surface area (Å²) in [6.07, 6.45) is -7.50. The normalized spacial score (nSPS) is 14.6. The monoisotopic (exact) mass is 467 g/mol. The summed E-state index contributed by atoms with van der Waals surface area (Å²) in [6.45, 7) is 0.557. The molecule has 1 rings (SSSR count). The zero-order valence-corrected chi connectivity index (χ0v) is 14.3. The van der Waals surface area contributed by atoms with E-state index in [2.05, 4.69) is 0 Å². The molecule has 1 aromatic rings. The van der Waals surface area contributed by atoms with Gasteiger partial charge >= 0.3 is 35.8 Å². The highest BCUT2D eigenvalue weighted by Gasteiger charge is 2.91. The molecule has 2 nitrogen and oxygen atoms in total. The Morgan fingerprint density at radius 1 is 0.700 bits per heavy atom. The van der Waals surface area contributed by atoms with E-state index in [-0.39, 0.29) is 5.56 Å². The van der Waals surface area contributed by atoms with Crippen LogP contribution in [0.4, 0.5) is 57.1 Å². The van der Waals surface area contributed by atoms with Crippen LogP contribution in [-0.4, -0.2) is 41.7 Å². The summed E-state index contributed by atoms with van der Waals surface area (Å²) in [5, 5.41) is 1.00. The molecule has 0 aliphatic rings. The molecule has 0 heterocycles. The van der Waals surface area contributed by atoms with Crippen LogP contribution in [0.25, 0.3) is 0 Å². The van der Waals surface area contributed by atoms with Crippen LogP contribution in [0.1, 0.15) is 11.1 Å². The number of carbonyl (C=O) groups excluding carboxylic acids is 1. The molecule has 0 bridgehead atoms. The number of rotatable bonds is 7. The van der Waals surface area contributed by atoms with Gasteiger partial charge in [-0.1, -0.05) is 29.8 Å². The van der Waals surface area contributed by atoms with Crippen molar-refractivity contribution in [3.8, 4) is 0 Å². The molecular weight excluding hydrogens is 457 g/mol. The molecule has 0 atom stereocenters. The smallest absolute Gasteiger partial charge is 0.347 e.